The van der Waals surface area contributed by atoms with Crippen molar-refractivity contribution < 1.29 is 9.63 Å². The highest BCUT2D eigenvalue weighted by Gasteiger charge is 2.26. The molecule has 4 heterocycles. The van der Waals surface area contributed by atoms with Gasteiger partial charge in [0, 0.05) is 35.5 Å². The lowest BCUT2D eigenvalue weighted by atomic mass is 9.91. The van der Waals surface area contributed by atoms with Crippen LogP contribution in [0.2, 0.25) is 0 Å². The maximum atomic E-state index is 13.0. The number of rotatable bonds is 4. The second-order valence-electron chi connectivity index (χ2n) is 9.13. The summed E-state index contributed by atoms with van der Waals surface area (Å²) in [7, 11) is 0. The van der Waals surface area contributed by atoms with Crippen molar-refractivity contribution in [3.05, 3.63) is 56.9 Å². The number of piperidine rings is 1. The third-order valence-corrected chi connectivity index (χ3v) is 6.95. The first-order valence-electron chi connectivity index (χ1n) is 11.3. The molecule has 0 amide bonds. The van der Waals surface area contributed by atoms with Crippen LogP contribution < -0.4 is 5.56 Å². The Morgan fingerprint density at radius 2 is 2.00 bits per heavy atom. The number of likely N-dealkylation sites (tertiary alicyclic amines) is 1. The molecule has 1 aromatic carbocycles. The first-order valence-corrected chi connectivity index (χ1v) is 11.3. The highest BCUT2D eigenvalue weighted by atomic mass is 16.5. The number of aliphatic hydroxyl groups excluding tert-OH is 1. The minimum Gasteiger partial charge on any atom is -0.391 e. The summed E-state index contributed by atoms with van der Waals surface area (Å²) < 4.78 is 7.25. The fourth-order valence-electron chi connectivity index (χ4n) is 5.08. The predicted octanol–water partition coefficient (Wildman–Crippen LogP) is 2.73. The van der Waals surface area contributed by atoms with Gasteiger partial charge in [-0.05, 0) is 70.3 Å². The van der Waals surface area contributed by atoms with Gasteiger partial charge in [0.1, 0.15) is 5.82 Å². The van der Waals surface area contributed by atoms with E-state index < -0.39 is 6.10 Å². The van der Waals surface area contributed by atoms with Gasteiger partial charge in [0.2, 0.25) is 0 Å². The number of aromatic nitrogens is 3. The molecule has 0 bridgehead atoms. The molecule has 0 aliphatic carbocycles. The number of fused-ring (bicyclic) bond motifs is 2. The molecule has 0 radical (unpaired) electrons. The lowest BCUT2D eigenvalue weighted by Crippen LogP contribution is -2.39. The van der Waals surface area contributed by atoms with Crippen molar-refractivity contribution in [3.8, 4) is 0 Å². The Hall–Kier alpha value is -2.51. The van der Waals surface area contributed by atoms with Crippen LogP contribution in [0.1, 0.15) is 53.5 Å². The molecule has 2 aromatic heterocycles. The Balaban J connectivity index is 1.23. The summed E-state index contributed by atoms with van der Waals surface area (Å²) in [4.78, 5) is 20.1. The van der Waals surface area contributed by atoms with Crippen LogP contribution in [0, 0.1) is 13.8 Å². The zero-order valence-electron chi connectivity index (χ0n) is 18.3. The van der Waals surface area contributed by atoms with E-state index in [0.29, 0.717) is 31.7 Å². The zero-order valence-corrected chi connectivity index (χ0v) is 18.3. The van der Waals surface area contributed by atoms with Crippen molar-refractivity contribution in [2.45, 2.75) is 64.5 Å². The molecule has 7 nitrogen and oxygen atoms in total. The van der Waals surface area contributed by atoms with Crippen LogP contribution in [-0.4, -0.2) is 50.5 Å². The molecule has 2 aliphatic heterocycles. The van der Waals surface area contributed by atoms with Gasteiger partial charge in [-0.15, -0.1) is 0 Å². The van der Waals surface area contributed by atoms with Gasteiger partial charge in [-0.3, -0.25) is 9.36 Å². The molecule has 3 aromatic rings. The van der Waals surface area contributed by atoms with Crippen molar-refractivity contribution >= 4 is 11.0 Å². The first-order chi connectivity index (χ1) is 15.0. The highest BCUT2D eigenvalue weighted by molar-refractivity contribution is 5.80. The van der Waals surface area contributed by atoms with Gasteiger partial charge < -0.3 is 14.5 Å². The Kier molecular flexibility index (Phi) is 5.40. The monoisotopic (exact) mass is 422 g/mol. The average molecular weight is 423 g/mol. The number of hydrogen-bond donors (Lipinski definition) is 1. The molecule has 31 heavy (non-hydrogen) atoms. The molecule has 5 rings (SSSR count). The van der Waals surface area contributed by atoms with Crippen LogP contribution in [-0.2, 0) is 19.4 Å². The van der Waals surface area contributed by atoms with Gasteiger partial charge in [0.15, 0.2) is 5.58 Å². The second-order valence-corrected chi connectivity index (χ2v) is 9.13. The maximum absolute atomic E-state index is 13.0. The molecule has 1 N–H and O–H groups in total. The van der Waals surface area contributed by atoms with Gasteiger partial charge in [-0.25, -0.2) is 4.98 Å². The molecule has 164 valence electrons. The molecule has 1 saturated heterocycles. The van der Waals surface area contributed by atoms with Crippen molar-refractivity contribution in [1.29, 1.82) is 0 Å². The summed E-state index contributed by atoms with van der Waals surface area (Å²) >= 11 is 0. The Morgan fingerprint density at radius 1 is 1.19 bits per heavy atom. The van der Waals surface area contributed by atoms with Gasteiger partial charge in [0.25, 0.3) is 5.56 Å². The number of benzene rings is 1. The first kappa shape index (κ1) is 20.4. The average Bonchev–Trinajstić information content (AvgIpc) is 3.17. The van der Waals surface area contributed by atoms with E-state index in [1.54, 1.807) is 4.57 Å². The topological polar surface area (TPSA) is 84.4 Å². The molecule has 7 heteroatoms. The van der Waals surface area contributed by atoms with E-state index in [1.165, 1.54) is 5.56 Å². The van der Waals surface area contributed by atoms with Crippen LogP contribution in [0.5, 0.6) is 0 Å². The van der Waals surface area contributed by atoms with Crippen LogP contribution in [0.15, 0.2) is 27.5 Å². The summed E-state index contributed by atoms with van der Waals surface area (Å²) in [6.07, 6.45) is 3.69. The van der Waals surface area contributed by atoms with Crippen molar-refractivity contribution in [2.75, 3.05) is 19.6 Å². The number of aliphatic hydroxyl groups is 1. The standard InChI is InChI=1S/C24H30N4O3/c1-15-3-5-20-21(13-15)31-26-23(20)17-7-10-27(11-8-17)12-9-19-16(2)25-22-6-4-18(29)14-28(22)24(19)30/h3,5,13,17-18,29H,4,6-12,14H2,1-2H3. The van der Waals surface area contributed by atoms with Crippen molar-refractivity contribution in [1.82, 2.24) is 19.6 Å². The Morgan fingerprint density at radius 3 is 2.81 bits per heavy atom. The normalized spacial score (nSPS) is 20.3. The van der Waals surface area contributed by atoms with E-state index in [2.05, 4.69) is 34.1 Å². The SMILES string of the molecule is Cc1ccc2c(C3CCN(CCc4c(C)nc5n(c4=O)CC(O)CC5)CC3)noc2c1. The van der Waals surface area contributed by atoms with E-state index in [1.807, 2.05) is 13.0 Å². The molecule has 0 saturated carbocycles. The van der Waals surface area contributed by atoms with E-state index in [9.17, 15) is 9.90 Å². The van der Waals surface area contributed by atoms with Gasteiger partial charge in [-0.2, -0.15) is 0 Å². The number of aryl methyl sites for hydroxylation is 3. The Labute approximate surface area is 181 Å². The largest absolute Gasteiger partial charge is 0.391 e. The van der Waals surface area contributed by atoms with Crippen LogP contribution in [0.4, 0.5) is 0 Å². The molecule has 1 unspecified atom stereocenters. The molecule has 1 fully saturated rings. The quantitative estimate of drug-likeness (QED) is 0.696. The van der Waals surface area contributed by atoms with Gasteiger partial charge in [-0.1, -0.05) is 11.2 Å². The summed E-state index contributed by atoms with van der Waals surface area (Å²) in [6, 6.07) is 6.29. The summed E-state index contributed by atoms with van der Waals surface area (Å²) in [5.41, 5.74) is 4.80. The Bertz CT molecular complexity index is 1160. The minimum absolute atomic E-state index is 0.0282. The van der Waals surface area contributed by atoms with Gasteiger partial charge in [0.05, 0.1) is 18.3 Å². The fourth-order valence-corrected chi connectivity index (χ4v) is 5.08. The van der Waals surface area contributed by atoms with Crippen LogP contribution in [0.3, 0.4) is 0 Å². The summed E-state index contributed by atoms with van der Waals surface area (Å²) in [5, 5.41) is 15.5. The third kappa shape index (κ3) is 3.92. The smallest absolute Gasteiger partial charge is 0.257 e. The van der Waals surface area contributed by atoms with Crippen LogP contribution in [0.25, 0.3) is 11.0 Å². The number of nitrogens with zero attached hydrogens (tertiary/aromatic N) is 4. The second kappa shape index (κ2) is 8.20. The van der Waals surface area contributed by atoms with E-state index in [4.69, 9.17) is 4.52 Å². The fraction of sp³-hybridized carbons (Fsp3) is 0.542. The minimum atomic E-state index is -0.446. The van der Waals surface area contributed by atoms with Gasteiger partial charge >= 0.3 is 0 Å². The zero-order chi connectivity index (χ0) is 21.5. The summed E-state index contributed by atoms with van der Waals surface area (Å²) in [6.45, 7) is 7.20. The highest BCUT2D eigenvalue weighted by Crippen LogP contribution is 2.32. The van der Waals surface area contributed by atoms with E-state index in [0.717, 1.165) is 66.2 Å². The van der Waals surface area contributed by atoms with Crippen molar-refractivity contribution in [2.24, 2.45) is 0 Å². The molecule has 0 spiro atoms. The lowest BCUT2D eigenvalue weighted by Gasteiger charge is -2.31. The maximum Gasteiger partial charge on any atom is 0.257 e. The third-order valence-electron chi connectivity index (χ3n) is 6.95. The lowest BCUT2D eigenvalue weighted by molar-refractivity contribution is 0.127. The predicted molar refractivity (Wildman–Crippen MR) is 118 cm³/mol. The van der Waals surface area contributed by atoms with E-state index >= 15 is 0 Å². The molecule has 1 atom stereocenters. The molecule has 2 aliphatic rings. The molecular weight excluding hydrogens is 392 g/mol. The summed E-state index contributed by atoms with van der Waals surface area (Å²) in [5.74, 6) is 1.23. The van der Waals surface area contributed by atoms with Crippen molar-refractivity contribution in [3.63, 3.8) is 0 Å². The van der Waals surface area contributed by atoms with Crippen LogP contribution >= 0.6 is 0 Å². The number of hydrogen-bond acceptors (Lipinski definition) is 6. The van der Waals surface area contributed by atoms with E-state index in [-0.39, 0.29) is 5.56 Å². The molecular formula is C24H30N4O3.